The van der Waals surface area contributed by atoms with Crippen LogP contribution < -0.4 is 0 Å². The van der Waals surface area contributed by atoms with E-state index in [0.29, 0.717) is 18.0 Å². The number of methoxy groups -OCH3 is 1. The zero-order chi connectivity index (χ0) is 36.3. The van der Waals surface area contributed by atoms with Gasteiger partial charge in [0.25, 0.3) is 0 Å². The van der Waals surface area contributed by atoms with Crippen molar-refractivity contribution in [1.82, 2.24) is 19.9 Å². The number of esters is 2. The van der Waals surface area contributed by atoms with E-state index in [1.54, 1.807) is 6.92 Å². The van der Waals surface area contributed by atoms with Crippen LogP contribution in [-0.4, -0.2) is 57.1 Å². The summed E-state index contributed by atoms with van der Waals surface area (Å²) in [5.74, 6) is 10.7. The Balaban J connectivity index is 0.000000189. The molecular formula is C39H39ClN4O4S2. The van der Waals surface area contributed by atoms with Crippen LogP contribution in [0.3, 0.4) is 0 Å². The van der Waals surface area contributed by atoms with E-state index in [2.05, 4.69) is 94.4 Å². The summed E-state index contributed by atoms with van der Waals surface area (Å²) in [5.41, 5.74) is 5.81. The zero-order valence-corrected chi connectivity index (χ0v) is 31.4. The number of nitrogens with zero attached hydrogens (tertiary/aromatic N) is 4. The van der Waals surface area contributed by atoms with Gasteiger partial charge in [-0.2, -0.15) is 0 Å². The molecule has 0 bridgehead atoms. The number of halogens is 1. The molecule has 2 aromatic heterocycles. The number of hydrogen-bond donors (Lipinski definition) is 0. The highest BCUT2D eigenvalue weighted by atomic mass is 35.5. The lowest BCUT2D eigenvalue weighted by Gasteiger charge is -2.32. The highest BCUT2D eigenvalue weighted by molar-refractivity contribution is 7.99. The molecule has 0 aliphatic carbocycles. The molecule has 2 aromatic carbocycles. The van der Waals surface area contributed by atoms with Gasteiger partial charge in [-0.3, -0.25) is 0 Å². The molecule has 0 N–H and O–H groups in total. The maximum Gasteiger partial charge on any atom is 0.341 e. The van der Waals surface area contributed by atoms with Crippen molar-refractivity contribution in [2.24, 2.45) is 0 Å². The number of aromatic nitrogens is 4. The third-order valence-corrected chi connectivity index (χ3v) is 10.4. The first kappa shape index (κ1) is 38.5. The minimum atomic E-state index is -0.471. The normalized spacial score (nSPS) is 14.6. The van der Waals surface area contributed by atoms with Crippen molar-refractivity contribution in [3.8, 4) is 24.2 Å². The molecule has 0 radical (unpaired) electrons. The Hall–Kier alpha value is -4.35. The van der Waals surface area contributed by atoms with Gasteiger partial charge in [-0.25, -0.2) is 29.5 Å². The molecule has 0 unspecified atom stereocenters. The lowest BCUT2D eigenvalue weighted by molar-refractivity contribution is 0.0524. The number of benzene rings is 2. The maximum absolute atomic E-state index is 11.6. The second-order valence-electron chi connectivity index (χ2n) is 12.5. The zero-order valence-electron chi connectivity index (χ0n) is 29.0. The lowest BCUT2D eigenvalue weighted by Crippen LogP contribution is -2.22. The number of carbonyl (C=O) groups is 2. The highest BCUT2D eigenvalue weighted by Crippen LogP contribution is 2.42. The smallest absolute Gasteiger partial charge is 0.341 e. The molecule has 0 atom stereocenters. The Labute approximate surface area is 308 Å². The van der Waals surface area contributed by atoms with Crippen molar-refractivity contribution in [2.45, 2.75) is 68.1 Å². The van der Waals surface area contributed by atoms with Gasteiger partial charge in [-0.05, 0) is 107 Å². The Morgan fingerprint density at radius 3 is 1.82 bits per heavy atom. The maximum atomic E-state index is 11.6. The summed E-state index contributed by atoms with van der Waals surface area (Å²) in [6.45, 7) is 11.2. The van der Waals surface area contributed by atoms with E-state index in [9.17, 15) is 9.59 Å². The van der Waals surface area contributed by atoms with Gasteiger partial charge in [-0.15, -0.1) is 29.9 Å². The molecule has 0 spiro atoms. The van der Waals surface area contributed by atoms with Crippen molar-refractivity contribution in [3.05, 3.63) is 106 Å². The number of ether oxygens (including phenoxy) is 2. The fourth-order valence-electron chi connectivity index (χ4n) is 5.01. The standard InChI is InChI=1S/C20H20N2O2S.C13H14S.C6H5ClN2O2/c1-4-24-19(23)15-12-21-18(22-13-15)8-6-14-5-7-17-16(11-14)20(2,3)9-10-25-17;1-4-10-5-6-12-11(9-10)13(2,3)7-8-14-12;1-11-5(10)4-2-8-6(7)9-3-4/h5,7,11-13H,4,9-10H2,1-3H3;1,5-6,9H,7-8H2,2-3H3;2-3H,1H3. The molecule has 6 rings (SSSR count). The van der Waals surface area contributed by atoms with Crippen LogP contribution in [0.2, 0.25) is 5.28 Å². The molecular weight excluding hydrogens is 688 g/mol. The summed E-state index contributed by atoms with van der Waals surface area (Å²) in [6, 6.07) is 12.7. The van der Waals surface area contributed by atoms with Gasteiger partial charge in [0.2, 0.25) is 11.1 Å². The van der Waals surface area contributed by atoms with Crippen molar-refractivity contribution in [3.63, 3.8) is 0 Å². The van der Waals surface area contributed by atoms with Gasteiger partial charge in [0.1, 0.15) is 0 Å². The Morgan fingerprint density at radius 1 is 0.800 bits per heavy atom. The molecule has 258 valence electrons. The molecule has 4 heterocycles. The Bertz CT molecular complexity index is 1930. The van der Waals surface area contributed by atoms with E-state index >= 15 is 0 Å². The van der Waals surface area contributed by atoms with E-state index in [-0.39, 0.29) is 21.7 Å². The fraction of sp³-hybridized carbons (Fsp3) is 0.333. The van der Waals surface area contributed by atoms with Crippen LogP contribution in [-0.2, 0) is 20.3 Å². The molecule has 0 fully saturated rings. The van der Waals surface area contributed by atoms with Crippen LogP contribution in [0.5, 0.6) is 0 Å². The SMILES string of the molecule is C#Cc1ccc2c(c1)C(C)(C)CCS2.CCOC(=O)c1cnc(C#Cc2ccc3c(c2)C(C)(C)CCS3)nc1.COC(=O)c1cnc(Cl)nc1. The first-order chi connectivity index (χ1) is 23.9. The topological polar surface area (TPSA) is 104 Å². The van der Waals surface area contributed by atoms with Gasteiger partial charge in [0, 0.05) is 45.7 Å². The number of thioether (sulfide) groups is 2. The van der Waals surface area contributed by atoms with Crippen LogP contribution in [0.1, 0.15) is 96.3 Å². The molecule has 0 amide bonds. The Morgan fingerprint density at radius 2 is 1.30 bits per heavy atom. The highest BCUT2D eigenvalue weighted by Gasteiger charge is 2.28. The average Bonchev–Trinajstić information content (AvgIpc) is 3.11. The summed E-state index contributed by atoms with van der Waals surface area (Å²) in [4.78, 5) is 40.6. The second-order valence-corrected chi connectivity index (χ2v) is 15.1. The fourth-order valence-corrected chi connectivity index (χ4v) is 8.09. The quantitative estimate of drug-likeness (QED) is 0.117. The minimum Gasteiger partial charge on any atom is -0.465 e. The first-order valence-electron chi connectivity index (χ1n) is 15.9. The van der Waals surface area contributed by atoms with Crippen LogP contribution in [0, 0.1) is 24.2 Å². The van der Waals surface area contributed by atoms with Crippen LogP contribution in [0.15, 0.2) is 71.0 Å². The lowest BCUT2D eigenvalue weighted by atomic mass is 9.81. The largest absolute Gasteiger partial charge is 0.465 e. The van der Waals surface area contributed by atoms with Gasteiger partial charge in [0.15, 0.2) is 0 Å². The average molecular weight is 727 g/mol. The van der Waals surface area contributed by atoms with E-state index in [1.807, 2.05) is 35.7 Å². The molecule has 2 aliphatic rings. The van der Waals surface area contributed by atoms with Crippen molar-refractivity contribution >= 4 is 47.1 Å². The van der Waals surface area contributed by atoms with Crippen molar-refractivity contribution < 1.29 is 19.1 Å². The van der Waals surface area contributed by atoms with Gasteiger partial charge in [0.05, 0.1) is 24.8 Å². The number of fused-ring (bicyclic) bond motifs is 2. The van der Waals surface area contributed by atoms with E-state index < -0.39 is 11.9 Å². The molecule has 4 aromatic rings. The van der Waals surface area contributed by atoms with Crippen molar-refractivity contribution in [1.29, 1.82) is 0 Å². The summed E-state index contributed by atoms with van der Waals surface area (Å²) < 4.78 is 9.33. The molecule has 8 nitrogen and oxygen atoms in total. The second kappa shape index (κ2) is 17.5. The first-order valence-corrected chi connectivity index (χ1v) is 18.3. The molecule has 11 heteroatoms. The van der Waals surface area contributed by atoms with Crippen LogP contribution >= 0.6 is 35.1 Å². The van der Waals surface area contributed by atoms with Crippen molar-refractivity contribution in [2.75, 3.05) is 25.2 Å². The van der Waals surface area contributed by atoms with Gasteiger partial charge in [-0.1, -0.05) is 39.5 Å². The van der Waals surface area contributed by atoms with Gasteiger partial charge >= 0.3 is 11.9 Å². The third kappa shape index (κ3) is 10.3. The Kier molecular flexibility index (Phi) is 13.5. The van der Waals surface area contributed by atoms with E-state index in [1.165, 1.54) is 71.4 Å². The number of terminal acetylenes is 1. The summed E-state index contributed by atoms with van der Waals surface area (Å²) in [7, 11) is 1.29. The molecule has 0 saturated heterocycles. The monoisotopic (exact) mass is 726 g/mol. The molecule has 0 saturated carbocycles. The molecule has 50 heavy (non-hydrogen) atoms. The summed E-state index contributed by atoms with van der Waals surface area (Å²) in [6.07, 6.45) is 13.3. The number of rotatable bonds is 3. The number of hydrogen-bond acceptors (Lipinski definition) is 10. The predicted molar refractivity (Wildman–Crippen MR) is 200 cm³/mol. The summed E-state index contributed by atoms with van der Waals surface area (Å²) in [5, 5.41) is 0.109. The van der Waals surface area contributed by atoms with Crippen LogP contribution in [0.25, 0.3) is 0 Å². The molecule has 2 aliphatic heterocycles. The summed E-state index contributed by atoms with van der Waals surface area (Å²) >= 11 is 9.23. The van der Waals surface area contributed by atoms with E-state index in [0.717, 1.165) is 16.9 Å². The third-order valence-electron chi connectivity index (χ3n) is 8.08. The van der Waals surface area contributed by atoms with Crippen LogP contribution in [0.4, 0.5) is 0 Å². The minimum absolute atomic E-state index is 0.109. The van der Waals surface area contributed by atoms with E-state index in [4.69, 9.17) is 22.8 Å². The predicted octanol–water partition coefficient (Wildman–Crippen LogP) is 8.18. The number of carbonyl (C=O) groups excluding carboxylic acids is 2. The van der Waals surface area contributed by atoms with Gasteiger partial charge < -0.3 is 9.47 Å².